The fourth-order valence-electron chi connectivity index (χ4n) is 3.83. The topological polar surface area (TPSA) is 96.0 Å². The van der Waals surface area contributed by atoms with E-state index in [2.05, 4.69) is 5.32 Å². The molecular formula is C21H26ClN3O5. The van der Waals surface area contributed by atoms with E-state index in [1.54, 1.807) is 23.1 Å². The van der Waals surface area contributed by atoms with E-state index in [1.807, 2.05) is 0 Å². The zero-order valence-electron chi connectivity index (χ0n) is 17.0. The number of nitrogens with zero attached hydrogens (tertiary/aromatic N) is 2. The Morgan fingerprint density at radius 3 is 2.47 bits per heavy atom. The van der Waals surface area contributed by atoms with E-state index >= 15 is 0 Å². The lowest BCUT2D eigenvalue weighted by atomic mass is 9.95. The number of imide groups is 1. The van der Waals surface area contributed by atoms with Crippen molar-refractivity contribution in [3.8, 4) is 5.75 Å². The highest BCUT2D eigenvalue weighted by Crippen LogP contribution is 2.26. The van der Waals surface area contributed by atoms with E-state index in [-0.39, 0.29) is 42.4 Å². The molecule has 0 saturated carbocycles. The van der Waals surface area contributed by atoms with Crippen LogP contribution in [-0.4, -0.2) is 66.7 Å². The minimum atomic E-state index is -0.162. The lowest BCUT2D eigenvalue weighted by Crippen LogP contribution is -2.43. The third kappa shape index (κ3) is 5.11. The summed E-state index contributed by atoms with van der Waals surface area (Å²) in [5, 5.41) is 3.34. The van der Waals surface area contributed by atoms with Gasteiger partial charge in [-0.05, 0) is 37.5 Å². The van der Waals surface area contributed by atoms with E-state index in [1.165, 1.54) is 12.0 Å². The first-order valence-electron chi connectivity index (χ1n) is 10.1. The van der Waals surface area contributed by atoms with Gasteiger partial charge < -0.3 is 15.0 Å². The van der Waals surface area contributed by atoms with Gasteiger partial charge in [0.25, 0.3) is 5.91 Å². The molecule has 2 fully saturated rings. The zero-order chi connectivity index (χ0) is 21.7. The molecule has 0 radical (unpaired) electrons. The van der Waals surface area contributed by atoms with Gasteiger partial charge in [0.2, 0.25) is 17.7 Å². The molecular weight excluding hydrogens is 410 g/mol. The lowest BCUT2D eigenvalue weighted by Gasteiger charge is -2.31. The van der Waals surface area contributed by atoms with Gasteiger partial charge in [-0.2, -0.15) is 0 Å². The van der Waals surface area contributed by atoms with Crippen LogP contribution in [0.2, 0.25) is 5.02 Å². The molecule has 162 valence electrons. The van der Waals surface area contributed by atoms with E-state index in [0.29, 0.717) is 61.8 Å². The van der Waals surface area contributed by atoms with Crippen LogP contribution in [0.4, 0.5) is 0 Å². The van der Waals surface area contributed by atoms with Crippen LogP contribution in [-0.2, 0) is 14.4 Å². The van der Waals surface area contributed by atoms with Crippen LogP contribution in [0.1, 0.15) is 42.5 Å². The quantitative estimate of drug-likeness (QED) is 0.521. The van der Waals surface area contributed by atoms with Crippen LogP contribution in [0.5, 0.6) is 5.75 Å². The number of amides is 4. The first-order valence-corrected chi connectivity index (χ1v) is 10.5. The molecule has 3 rings (SSSR count). The minimum Gasteiger partial charge on any atom is -0.496 e. The molecule has 0 spiro atoms. The van der Waals surface area contributed by atoms with E-state index < -0.39 is 0 Å². The fourth-order valence-corrected chi connectivity index (χ4v) is 4.00. The summed E-state index contributed by atoms with van der Waals surface area (Å²) in [4.78, 5) is 51.4. The summed E-state index contributed by atoms with van der Waals surface area (Å²) in [5.74, 6) is -0.182. The molecule has 0 unspecified atom stereocenters. The maximum absolute atomic E-state index is 12.8. The molecule has 0 aliphatic carbocycles. The Morgan fingerprint density at radius 1 is 1.17 bits per heavy atom. The second-order valence-electron chi connectivity index (χ2n) is 7.49. The average molecular weight is 436 g/mol. The van der Waals surface area contributed by atoms with Gasteiger partial charge in [0.05, 0.1) is 12.7 Å². The number of benzene rings is 1. The molecule has 2 saturated heterocycles. The lowest BCUT2D eigenvalue weighted by molar-refractivity contribution is -0.138. The van der Waals surface area contributed by atoms with Gasteiger partial charge in [-0.25, -0.2) is 0 Å². The molecule has 2 aliphatic rings. The van der Waals surface area contributed by atoms with Crippen LogP contribution in [0.15, 0.2) is 18.2 Å². The van der Waals surface area contributed by atoms with Crippen molar-refractivity contribution in [3.05, 3.63) is 28.8 Å². The van der Waals surface area contributed by atoms with Gasteiger partial charge >= 0.3 is 0 Å². The summed E-state index contributed by atoms with van der Waals surface area (Å²) in [7, 11) is 1.51. The summed E-state index contributed by atoms with van der Waals surface area (Å²) in [6.45, 7) is 1.70. The first kappa shape index (κ1) is 22.1. The summed E-state index contributed by atoms with van der Waals surface area (Å²) in [5.41, 5.74) is 0.416. The number of carbonyl (C=O) groups excluding carboxylic acids is 4. The number of piperidine rings is 1. The Morgan fingerprint density at radius 2 is 1.83 bits per heavy atom. The number of carbonyl (C=O) groups is 4. The normalized spacial score (nSPS) is 17.4. The van der Waals surface area contributed by atoms with Gasteiger partial charge in [0.1, 0.15) is 5.75 Å². The van der Waals surface area contributed by atoms with Gasteiger partial charge in [-0.3, -0.25) is 24.1 Å². The van der Waals surface area contributed by atoms with Crippen molar-refractivity contribution in [2.45, 2.75) is 32.1 Å². The number of methoxy groups -OCH3 is 1. The Hall–Kier alpha value is -2.61. The highest BCUT2D eigenvalue weighted by Gasteiger charge is 2.30. The van der Waals surface area contributed by atoms with Crippen molar-refractivity contribution in [1.29, 1.82) is 0 Å². The van der Waals surface area contributed by atoms with Gasteiger partial charge in [0, 0.05) is 50.0 Å². The van der Waals surface area contributed by atoms with Crippen molar-refractivity contribution in [1.82, 2.24) is 15.1 Å². The Bertz CT molecular complexity index is 820. The van der Waals surface area contributed by atoms with Crippen molar-refractivity contribution in [3.63, 3.8) is 0 Å². The number of hydrogen-bond acceptors (Lipinski definition) is 5. The molecule has 30 heavy (non-hydrogen) atoms. The van der Waals surface area contributed by atoms with E-state index in [4.69, 9.17) is 16.3 Å². The summed E-state index contributed by atoms with van der Waals surface area (Å²) in [6.07, 6.45) is 2.25. The number of hydrogen-bond donors (Lipinski definition) is 1. The van der Waals surface area contributed by atoms with E-state index in [0.717, 1.165) is 0 Å². The van der Waals surface area contributed by atoms with Crippen LogP contribution in [0, 0.1) is 5.92 Å². The first-order chi connectivity index (χ1) is 14.4. The third-order valence-electron chi connectivity index (χ3n) is 5.56. The second kappa shape index (κ2) is 9.93. The molecule has 0 atom stereocenters. The third-order valence-corrected chi connectivity index (χ3v) is 5.79. The minimum absolute atomic E-state index is 0.0542. The SMILES string of the molecule is COc1ccc(Cl)cc1C(=O)N1CCC(C(=O)NCCCN2C(=O)CCC2=O)CC1. The predicted octanol–water partition coefficient (Wildman–Crippen LogP) is 1.86. The molecule has 2 aliphatic heterocycles. The fraction of sp³-hybridized carbons (Fsp3) is 0.524. The van der Waals surface area contributed by atoms with Crippen LogP contribution in [0.25, 0.3) is 0 Å². The average Bonchev–Trinajstić information content (AvgIpc) is 3.08. The molecule has 4 amide bonds. The molecule has 8 nitrogen and oxygen atoms in total. The molecule has 0 aromatic heterocycles. The highest BCUT2D eigenvalue weighted by molar-refractivity contribution is 6.31. The predicted molar refractivity (Wildman–Crippen MR) is 110 cm³/mol. The number of rotatable bonds is 7. The molecule has 1 aromatic carbocycles. The Labute approximate surface area is 180 Å². The number of halogens is 1. The maximum atomic E-state index is 12.8. The van der Waals surface area contributed by atoms with Crippen molar-refractivity contribution in [2.75, 3.05) is 33.3 Å². The van der Waals surface area contributed by atoms with Crippen molar-refractivity contribution < 1.29 is 23.9 Å². The van der Waals surface area contributed by atoms with E-state index in [9.17, 15) is 19.2 Å². The maximum Gasteiger partial charge on any atom is 0.257 e. The highest BCUT2D eigenvalue weighted by atomic mass is 35.5. The van der Waals surface area contributed by atoms with Crippen LogP contribution in [0.3, 0.4) is 0 Å². The van der Waals surface area contributed by atoms with Crippen LogP contribution < -0.4 is 10.1 Å². The monoisotopic (exact) mass is 435 g/mol. The largest absolute Gasteiger partial charge is 0.496 e. The summed E-state index contributed by atoms with van der Waals surface area (Å²) in [6, 6.07) is 4.93. The standard InChI is InChI=1S/C21H26ClN3O5/c1-30-17-4-3-15(22)13-16(17)21(29)24-11-7-14(8-12-24)20(28)23-9-2-10-25-18(26)5-6-19(25)27/h3-4,13-14H,2,5-12H2,1H3,(H,23,28). The van der Waals surface area contributed by atoms with Crippen molar-refractivity contribution in [2.24, 2.45) is 5.92 Å². The summed E-state index contributed by atoms with van der Waals surface area (Å²) >= 11 is 6.02. The summed E-state index contributed by atoms with van der Waals surface area (Å²) < 4.78 is 5.26. The number of likely N-dealkylation sites (tertiary alicyclic amines) is 2. The molecule has 9 heteroatoms. The molecule has 0 bridgehead atoms. The van der Waals surface area contributed by atoms with Gasteiger partial charge in [-0.1, -0.05) is 11.6 Å². The molecule has 1 aromatic rings. The molecule has 2 heterocycles. The smallest absolute Gasteiger partial charge is 0.257 e. The zero-order valence-corrected chi connectivity index (χ0v) is 17.7. The Kier molecular flexibility index (Phi) is 7.31. The number of ether oxygens (including phenoxy) is 1. The second-order valence-corrected chi connectivity index (χ2v) is 7.93. The van der Waals surface area contributed by atoms with Gasteiger partial charge in [-0.15, -0.1) is 0 Å². The molecule has 1 N–H and O–H groups in total. The van der Waals surface area contributed by atoms with Gasteiger partial charge in [0.15, 0.2) is 0 Å². The van der Waals surface area contributed by atoms with Crippen molar-refractivity contribution >= 4 is 35.2 Å². The Balaban J connectivity index is 1.43. The number of nitrogens with one attached hydrogen (secondary N) is 1. The van der Waals surface area contributed by atoms with Crippen LogP contribution >= 0.6 is 11.6 Å².